The maximum Gasteiger partial charge on any atom is 0.252 e. The van der Waals surface area contributed by atoms with Crippen LogP contribution < -0.4 is 5.32 Å². The number of aliphatic hydroxyl groups is 1. The highest BCUT2D eigenvalue weighted by atomic mass is 32.1. The lowest BCUT2D eigenvalue weighted by Gasteiger charge is -2.12. The average molecular weight is 344 g/mol. The summed E-state index contributed by atoms with van der Waals surface area (Å²) in [5, 5.41) is 21.7. The van der Waals surface area contributed by atoms with Crippen molar-refractivity contribution in [2.75, 3.05) is 6.54 Å². The van der Waals surface area contributed by atoms with Gasteiger partial charge in [0.2, 0.25) is 0 Å². The fourth-order valence-electron chi connectivity index (χ4n) is 2.58. The van der Waals surface area contributed by atoms with E-state index in [1.54, 1.807) is 16.9 Å². The molecule has 0 radical (unpaired) electrons. The lowest BCUT2D eigenvalue weighted by molar-refractivity contribution is 0.0918. The van der Waals surface area contributed by atoms with Gasteiger partial charge in [0.05, 0.1) is 23.3 Å². The van der Waals surface area contributed by atoms with Crippen LogP contribution in [0.2, 0.25) is 0 Å². The molecule has 0 aliphatic heterocycles. The highest BCUT2D eigenvalue weighted by Gasteiger charge is 2.18. The lowest BCUT2D eigenvalue weighted by Crippen LogP contribution is -2.28. The number of carbonyl (C=O) groups excluding carboxylic acids is 1. The molecule has 1 atom stereocenters. The molecule has 126 valence electrons. The monoisotopic (exact) mass is 344 g/mol. The molecule has 3 heterocycles. The number of nitrogens with zero attached hydrogens (tertiary/aromatic N) is 3. The molecule has 0 saturated heterocycles. The van der Waals surface area contributed by atoms with Crippen LogP contribution >= 0.6 is 11.3 Å². The Morgan fingerprint density at radius 1 is 1.46 bits per heavy atom. The minimum atomic E-state index is -0.711. The van der Waals surface area contributed by atoms with Crippen molar-refractivity contribution in [1.29, 1.82) is 0 Å². The molecule has 0 aliphatic rings. The minimum absolute atomic E-state index is 0.160. The SMILES string of the molecule is Cc1cc(C(=O)NCC(O)c2ccsc2)c2cnn(C(C)C)c2n1. The van der Waals surface area contributed by atoms with Crippen molar-refractivity contribution in [1.82, 2.24) is 20.1 Å². The number of pyridine rings is 1. The molecule has 0 fully saturated rings. The summed E-state index contributed by atoms with van der Waals surface area (Å²) in [6, 6.07) is 3.76. The van der Waals surface area contributed by atoms with E-state index >= 15 is 0 Å². The van der Waals surface area contributed by atoms with E-state index in [4.69, 9.17) is 0 Å². The summed E-state index contributed by atoms with van der Waals surface area (Å²) in [6.07, 6.45) is 0.962. The smallest absolute Gasteiger partial charge is 0.252 e. The zero-order valence-electron chi connectivity index (χ0n) is 13.9. The molecule has 7 heteroatoms. The quantitative estimate of drug-likeness (QED) is 0.746. The number of thiophene rings is 1. The predicted octanol–water partition coefficient (Wildman–Crippen LogP) is 2.85. The Hall–Kier alpha value is -2.25. The highest BCUT2D eigenvalue weighted by Crippen LogP contribution is 2.21. The van der Waals surface area contributed by atoms with Crippen LogP contribution in [0.1, 0.15) is 47.6 Å². The van der Waals surface area contributed by atoms with Crippen LogP contribution in [-0.4, -0.2) is 32.3 Å². The molecule has 0 aliphatic carbocycles. The van der Waals surface area contributed by atoms with Crippen molar-refractivity contribution in [3.8, 4) is 0 Å². The van der Waals surface area contributed by atoms with Crippen molar-refractivity contribution in [2.45, 2.75) is 32.9 Å². The number of carbonyl (C=O) groups is 1. The van der Waals surface area contributed by atoms with Gasteiger partial charge in [-0.2, -0.15) is 16.4 Å². The number of aryl methyl sites for hydroxylation is 1. The first-order chi connectivity index (χ1) is 11.5. The van der Waals surface area contributed by atoms with Crippen LogP contribution in [0, 0.1) is 6.92 Å². The lowest BCUT2D eigenvalue weighted by atomic mass is 10.1. The zero-order chi connectivity index (χ0) is 17.3. The number of aliphatic hydroxyl groups excluding tert-OH is 1. The summed E-state index contributed by atoms with van der Waals surface area (Å²) in [5.74, 6) is -0.233. The summed E-state index contributed by atoms with van der Waals surface area (Å²) in [4.78, 5) is 17.1. The van der Waals surface area contributed by atoms with Crippen LogP contribution in [0.15, 0.2) is 29.1 Å². The van der Waals surface area contributed by atoms with Crippen molar-refractivity contribution < 1.29 is 9.90 Å². The van der Waals surface area contributed by atoms with Gasteiger partial charge in [0.15, 0.2) is 5.65 Å². The molecule has 1 amide bonds. The number of rotatable bonds is 5. The Bertz CT molecular complexity index is 855. The first kappa shape index (κ1) is 16.6. The summed E-state index contributed by atoms with van der Waals surface area (Å²) in [5.41, 5.74) is 2.80. The summed E-state index contributed by atoms with van der Waals surface area (Å²) < 4.78 is 1.80. The largest absolute Gasteiger partial charge is 0.387 e. The van der Waals surface area contributed by atoms with Crippen LogP contribution in [0.4, 0.5) is 0 Å². The number of fused-ring (bicyclic) bond motifs is 1. The molecule has 24 heavy (non-hydrogen) atoms. The second kappa shape index (κ2) is 6.70. The van der Waals surface area contributed by atoms with Crippen LogP contribution in [-0.2, 0) is 0 Å². The number of nitrogens with one attached hydrogen (secondary N) is 1. The highest BCUT2D eigenvalue weighted by molar-refractivity contribution is 7.07. The molecule has 3 aromatic heterocycles. The summed E-state index contributed by atoms with van der Waals surface area (Å²) in [7, 11) is 0. The van der Waals surface area contributed by atoms with Gasteiger partial charge in [0.25, 0.3) is 5.91 Å². The van der Waals surface area contributed by atoms with Crippen molar-refractivity contribution >= 4 is 28.3 Å². The molecule has 3 rings (SSSR count). The predicted molar refractivity (Wildman–Crippen MR) is 94.3 cm³/mol. The molecule has 0 bridgehead atoms. The maximum atomic E-state index is 12.6. The topological polar surface area (TPSA) is 80.0 Å². The van der Waals surface area contributed by atoms with Crippen LogP contribution in [0.25, 0.3) is 11.0 Å². The van der Waals surface area contributed by atoms with Crippen molar-refractivity contribution in [2.24, 2.45) is 0 Å². The van der Waals surface area contributed by atoms with Crippen molar-refractivity contribution in [3.63, 3.8) is 0 Å². The molecular formula is C17H20N4O2S. The van der Waals surface area contributed by atoms with Gasteiger partial charge >= 0.3 is 0 Å². The summed E-state index contributed by atoms with van der Waals surface area (Å²) >= 11 is 1.52. The molecule has 6 nitrogen and oxygen atoms in total. The van der Waals surface area contributed by atoms with Gasteiger partial charge in [-0.25, -0.2) is 9.67 Å². The molecule has 1 unspecified atom stereocenters. The molecule has 2 N–H and O–H groups in total. The first-order valence-electron chi connectivity index (χ1n) is 7.80. The van der Waals surface area contributed by atoms with Gasteiger partial charge in [-0.3, -0.25) is 4.79 Å². The number of amides is 1. The van der Waals surface area contributed by atoms with E-state index in [1.165, 1.54) is 11.3 Å². The van der Waals surface area contributed by atoms with Gasteiger partial charge in [0, 0.05) is 18.3 Å². The third kappa shape index (κ3) is 3.18. The third-order valence-corrected chi connectivity index (χ3v) is 4.51. The number of hydrogen-bond acceptors (Lipinski definition) is 5. The minimum Gasteiger partial charge on any atom is -0.387 e. The van der Waals surface area contributed by atoms with E-state index in [0.29, 0.717) is 11.2 Å². The van der Waals surface area contributed by atoms with E-state index in [0.717, 1.165) is 16.6 Å². The Morgan fingerprint density at radius 2 is 2.25 bits per heavy atom. The van der Waals surface area contributed by atoms with E-state index in [2.05, 4.69) is 15.4 Å². The Balaban J connectivity index is 1.84. The third-order valence-electron chi connectivity index (χ3n) is 3.81. The van der Waals surface area contributed by atoms with Gasteiger partial charge in [-0.05, 0) is 49.2 Å². The second-order valence-corrected chi connectivity index (χ2v) is 6.79. The van der Waals surface area contributed by atoms with E-state index in [-0.39, 0.29) is 18.5 Å². The van der Waals surface area contributed by atoms with Crippen LogP contribution in [0.5, 0.6) is 0 Å². The van der Waals surface area contributed by atoms with E-state index in [9.17, 15) is 9.90 Å². The Kier molecular flexibility index (Phi) is 4.64. The van der Waals surface area contributed by atoms with Gasteiger partial charge < -0.3 is 10.4 Å². The van der Waals surface area contributed by atoms with E-state index < -0.39 is 6.10 Å². The maximum absolute atomic E-state index is 12.6. The number of aromatic nitrogens is 3. The zero-order valence-corrected chi connectivity index (χ0v) is 14.7. The molecular weight excluding hydrogens is 324 g/mol. The molecule has 3 aromatic rings. The molecule has 0 aromatic carbocycles. The fraction of sp³-hybridized carbons (Fsp3) is 0.353. The standard InChI is InChI=1S/C17H20N4O2S/c1-10(2)21-16-14(7-19-21)13(6-11(3)20-16)17(23)18-8-15(22)12-4-5-24-9-12/h4-7,9-10,15,22H,8H2,1-3H3,(H,18,23). The fourth-order valence-corrected chi connectivity index (χ4v) is 3.28. The van der Waals surface area contributed by atoms with E-state index in [1.807, 2.05) is 37.6 Å². The number of hydrogen-bond donors (Lipinski definition) is 2. The second-order valence-electron chi connectivity index (χ2n) is 6.01. The Labute approximate surface area is 144 Å². The van der Waals surface area contributed by atoms with Gasteiger partial charge in [-0.1, -0.05) is 0 Å². The average Bonchev–Trinajstić information content (AvgIpc) is 3.20. The van der Waals surface area contributed by atoms with Crippen LogP contribution in [0.3, 0.4) is 0 Å². The van der Waals surface area contributed by atoms with Gasteiger partial charge in [0.1, 0.15) is 0 Å². The van der Waals surface area contributed by atoms with Gasteiger partial charge in [-0.15, -0.1) is 0 Å². The first-order valence-corrected chi connectivity index (χ1v) is 8.75. The normalized spacial score (nSPS) is 12.7. The Morgan fingerprint density at radius 3 is 2.92 bits per heavy atom. The molecule has 0 spiro atoms. The van der Waals surface area contributed by atoms with Crippen molar-refractivity contribution in [3.05, 3.63) is 45.9 Å². The molecule has 0 saturated carbocycles. The summed E-state index contributed by atoms with van der Waals surface area (Å²) in [6.45, 7) is 6.06.